The molecular formula is C20H21N3O4S2. The summed E-state index contributed by atoms with van der Waals surface area (Å²) in [6, 6.07) is 11.5. The molecule has 2 aromatic carbocycles. The molecule has 1 aromatic heterocycles. The summed E-state index contributed by atoms with van der Waals surface area (Å²) in [6.45, 7) is 5.64. The number of hydrogen-bond donors (Lipinski definition) is 2. The zero-order valence-electron chi connectivity index (χ0n) is 16.2. The third-order valence-electron chi connectivity index (χ3n) is 4.25. The molecule has 1 atom stereocenters. The van der Waals surface area contributed by atoms with E-state index >= 15 is 0 Å². The standard InChI is InChI=1S/C20H21N3O4S2/c1-13-4-7-17(12-14(13)2)27-15(3)19(24)22-16-5-8-18(9-6-16)29(25,26)23-20-21-10-11-28-20/h4-12,15H,1-3H3,(H,21,23)(H,22,24)/t15-/m1/s1. The molecule has 152 valence electrons. The van der Waals surface area contributed by atoms with E-state index in [-0.39, 0.29) is 10.8 Å². The summed E-state index contributed by atoms with van der Waals surface area (Å²) in [5.74, 6) is 0.283. The van der Waals surface area contributed by atoms with Gasteiger partial charge in [-0.15, -0.1) is 11.3 Å². The maximum absolute atomic E-state index is 12.4. The number of nitrogens with zero attached hydrogens (tertiary/aromatic N) is 1. The molecule has 7 nitrogen and oxygen atoms in total. The van der Waals surface area contributed by atoms with Gasteiger partial charge in [0, 0.05) is 17.3 Å². The molecule has 0 fully saturated rings. The number of rotatable bonds is 7. The van der Waals surface area contributed by atoms with Crippen molar-refractivity contribution in [2.75, 3.05) is 10.0 Å². The first kappa shape index (κ1) is 20.8. The maximum Gasteiger partial charge on any atom is 0.265 e. The normalized spacial score (nSPS) is 12.2. The number of nitrogens with one attached hydrogen (secondary N) is 2. The van der Waals surface area contributed by atoms with Gasteiger partial charge in [-0.2, -0.15) is 0 Å². The summed E-state index contributed by atoms with van der Waals surface area (Å²) in [5, 5.41) is 4.69. The first-order chi connectivity index (χ1) is 13.7. The summed E-state index contributed by atoms with van der Waals surface area (Å²) < 4.78 is 32.8. The van der Waals surface area contributed by atoms with Crippen LogP contribution in [0.2, 0.25) is 0 Å². The van der Waals surface area contributed by atoms with Gasteiger partial charge in [-0.1, -0.05) is 6.07 Å². The lowest BCUT2D eigenvalue weighted by atomic mass is 10.1. The first-order valence-electron chi connectivity index (χ1n) is 8.82. The second-order valence-corrected chi connectivity index (χ2v) is 9.04. The van der Waals surface area contributed by atoms with Gasteiger partial charge in [-0.25, -0.2) is 13.4 Å². The van der Waals surface area contributed by atoms with E-state index in [0.29, 0.717) is 16.6 Å². The second-order valence-electron chi connectivity index (χ2n) is 6.46. The first-order valence-corrected chi connectivity index (χ1v) is 11.2. The zero-order chi connectivity index (χ0) is 21.0. The monoisotopic (exact) mass is 431 g/mol. The lowest BCUT2D eigenvalue weighted by Gasteiger charge is -2.16. The Morgan fingerprint density at radius 2 is 1.83 bits per heavy atom. The Bertz CT molecular complexity index is 1100. The molecule has 0 spiro atoms. The van der Waals surface area contributed by atoms with Crippen molar-refractivity contribution in [1.29, 1.82) is 0 Å². The van der Waals surface area contributed by atoms with Gasteiger partial charge < -0.3 is 10.1 Å². The van der Waals surface area contributed by atoms with Crippen LogP contribution in [0.4, 0.5) is 10.8 Å². The van der Waals surface area contributed by atoms with Gasteiger partial charge in [0.25, 0.3) is 15.9 Å². The third-order valence-corrected chi connectivity index (χ3v) is 6.42. The zero-order valence-corrected chi connectivity index (χ0v) is 17.8. The highest BCUT2D eigenvalue weighted by Crippen LogP contribution is 2.21. The highest BCUT2D eigenvalue weighted by Gasteiger charge is 2.18. The van der Waals surface area contributed by atoms with E-state index in [9.17, 15) is 13.2 Å². The van der Waals surface area contributed by atoms with Crippen LogP contribution < -0.4 is 14.8 Å². The van der Waals surface area contributed by atoms with E-state index < -0.39 is 16.1 Å². The Kier molecular flexibility index (Phi) is 6.19. The van der Waals surface area contributed by atoms with E-state index in [1.807, 2.05) is 32.0 Å². The predicted molar refractivity (Wildman–Crippen MR) is 114 cm³/mol. The van der Waals surface area contributed by atoms with Crippen molar-refractivity contribution in [3.05, 3.63) is 65.2 Å². The molecule has 3 aromatic rings. The number of anilines is 2. The third kappa shape index (κ3) is 5.33. The van der Waals surface area contributed by atoms with Crippen LogP contribution >= 0.6 is 11.3 Å². The van der Waals surface area contributed by atoms with Crippen LogP contribution in [-0.4, -0.2) is 25.4 Å². The minimum atomic E-state index is -3.73. The second kappa shape index (κ2) is 8.62. The van der Waals surface area contributed by atoms with Crippen LogP contribution in [0.15, 0.2) is 58.9 Å². The van der Waals surface area contributed by atoms with Crippen molar-refractivity contribution in [2.45, 2.75) is 31.8 Å². The summed E-state index contributed by atoms with van der Waals surface area (Å²) in [5.41, 5.74) is 2.70. The molecule has 0 radical (unpaired) electrons. The molecular weight excluding hydrogens is 410 g/mol. The van der Waals surface area contributed by atoms with Gasteiger partial charge in [-0.05, 0) is 68.3 Å². The summed E-state index contributed by atoms with van der Waals surface area (Å²) >= 11 is 1.19. The molecule has 29 heavy (non-hydrogen) atoms. The fourth-order valence-corrected chi connectivity index (χ4v) is 4.24. The minimum absolute atomic E-state index is 0.0742. The predicted octanol–water partition coefficient (Wildman–Crippen LogP) is 3.97. The number of amides is 1. The number of sulfonamides is 1. The number of carbonyl (C=O) groups is 1. The van der Waals surface area contributed by atoms with Crippen LogP contribution in [0.5, 0.6) is 5.75 Å². The van der Waals surface area contributed by atoms with Crippen molar-refractivity contribution < 1.29 is 17.9 Å². The summed E-state index contributed by atoms with van der Waals surface area (Å²) in [6.07, 6.45) is 0.801. The number of aryl methyl sites for hydroxylation is 2. The Hall–Kier alpha value is -2.91. The van der Waals surface area contributed by atoms with Gasteiger partial charge in [0.2, 0.25) is 0 Å². The number of aromatic nitrogens is 1. The minimum Gasteiger partial charge on any atom is -0.481 e. The van der Waals surface area contributed by atoms with Crippen molar-refractivity contribution >= 4 is 38.1 Å². The molecule has 9 heteroatoms. The fourth-order valence-electron chi connectivity index (χ4n) is 2.45. The van der Waals surface area contributed by atoms with Crippen molar-refractivity contribution in [3.63, 3.8) is 0 Å². The molecule has 1 heterocycles. The quantitative estimate of drug-likeness (QED) is 0.590. The smallest absolute Gasteiger partial charge is 0.265 e. The van der Waals surface area contributed by atoms with E-state index in [1.54, 1.807) is 12.3 Å². The number of ether oxygens (including phenoxy) is 1. The molecule has 0 aliphatic carbocycles. The Balaban J connectivity index is 1.62. The van der Waals surface area contributed by atoms with Crippen molar-refractivity contribution in [1.82, 2.24) is 4.98 Å². The van der Waals surface area contributed by atoms with Crippen molar-refractivity contribution in [3.8, 4) is 5.75 Å². The lowest BCUT2D eigenvalue weighted by Crippen LogP contribution is -2.30. The molecule has 0 saturated heterocycles. The highest BCUT2D eigenvalue weighted by molar-refractivity contribution is 7.93. The number of thiazole rings is 1. The largest absolute Gasteiger partial charge is 0.481 e. The van der Waals surface area contributed by atoms with Crippen LogP contribution in [0.25, 0.3) is 0 Å². The number of benzene rings is 2. The van der Waals surface area contributed by atoms with Crippen LogP contribution in [-0.2, 0) is 14.8 Å². The van der Waals surface area contributed by atoms with E-state index in [2.05, 4.69) is 15.0 Å². The molecule has 2 N–H and O–H groups in total. The van der Waals surface area contributed by atoms with Gasteiger partial charge in [0.15, 0.2) is 11.2 Å². The van der Waals surface area contributed by atoms with Crippen LogP contribution in [0, 0.1) is 13.8 Å². The molecule has 3 rings (SSSR count). The average Bonchev–Trinajstić information content (AvgIpc) is 3.17. The number of carbonyl (C=O) groups excluding carboxylic acids is 1. The van der Waals surface area contributed by atoms with E-state index in [0.717, 1.165) is 11.1 Å². The maximum atomic E-state index is 12.4. The summed E-state index contributed by atoms with van der Waals surface area (Å²) in [4.78, 5) is 16.4. The lowest BCUT2D eigenvalue weighted by molar-refractivity contribution is -0.122. The average molecular weight is 432 g/mol. The Labute approximate surface area is 173 Å². The topological polar surface area (TPSA) is 97.4 Å². The molecule has 0 saturated carbocycles. The van der Waals surface area contributed by atoms with Gasteiger partial charge in [0.05, 0.1) is 4.90 Å². The van der Waals surface area contributed by atoms with Gasteiger partial charge in [0.1, 0.15) is 5.75 Å². The van der Waals surface area contributed by atoms with E-state index in [1.165, 1.54) is 41.8 Å². The van der Waals surface area contributed by atoms with Crippen molar-refractivity contribution in [2.24, 2.45) is 0 Å². The van der Waals surface area contributed by atoms with Gasteiger partial charge >= 0.3 is 0 Å². The van der Waals surface area contributed by atoms with E-state index in [4.69, 9.17) is 4.74 Å². The molecule has 0 aliphatic rings. The molecule has 0 bridgehead atoms. The summed E-state index contributed by atoms with van der Waals surface area (Å²) in [7, 11) is -3.73. The van der Waals surface area contributed by atoms with Gasteiger partial charge in [-0.3, -0.25) is 9.52 Å². The Morgan fingerprint density at radius 1 is 1.10 bits per heavy atom. The molecule has 0 unspecified atom stereocenters. The highest BCUT2D eigenvalue weighted by atomic mass is 32.2. The van der Waals surface area contributed by atoms with Crippen LogP contribution in [0.1, 0.15) is 18.1 Å². The SMILES string of the molecule is Cc1ccc(O[C@H](C)C(=O)Nc2ccc(S(=O)(=O)Nc3nccs3)cc2)cc1C. The molecule has 0 aliphatic heterocycles. The fraction of sp³-hybridized carbons (Fsp3) is 0.200. The van der Waals surface area contributed by atoms with Crippen LogP contribution in [0.3, 0.4) is 0 Å². The molecule has 1 amide bonds. The number of hydrogen-bond acceptors (Lipinski definition) is 6. The Morgan fingerprint density at radius 3 is 2.45 bits per heavy atom.